The quantitative estimate of drug-likeness (QED) is 0.474. The van der Waals surface area contributed by atoms with Crippen LogP contribution in [0.25, 0.3) is 27.8 Å². The van der Waals surface area contributed by atoms with E-state index in [0.29, 0.717) is 16.8 Å². The van der Waals surface area contributed by atoms with Gasteiger partial charge in [-0.2, -0.15) is 4.98 Å². The number of fused-ring (bicyclic) bond motifs is 4. The third kappa shape index (κ3) is 2.48. The lowest BCUT2D eigenvalue weighted by molar-refractivity contribution is 0.616. The number of nitrogens with zero attached hydrogens (tertiary/aromatic N) is 2. The van der Waals surface area contributed by atoms with Gasteiger partial charge >= 0.3 is 5.84 Å². The number of hydrogen-bond donors (Lipinski definition) is 0. The first-order valence-electron chi connectivity index (χ1n) is 7.64. The van der Waals surface area contributed by atoms with Crippen molar-refractivity contribution in [3.05, 3.63) is 58.9 Å². The monoisotopic (exact) mass is 296 g/mol. The maximum absolute atomic E-state index is 12.4. The third-order valence-electron chi connectivity index (χ3n) is 3.05. The fourth-order valence-corrected chi connectivity index (χ4v) is 2.22. The van der Waals surface area contributed by atoms with E-state index in [1.54, 1.807) is 12.1 Å². The van der Waals surface area contributed by atoms with E-state index in [9.17, 15) is 4.79 Å². The molecule has 0 aliphatic rings. The van der Waals surface area contributed by atoms with E-state index >= 15 is 0 Å². The van der Waals surface area contributed by atoms with Crippen LogP contribution in [0.4, 0.5) is 0 Å². The summed E-state index contributed by atoms with van der Waals surface area (Å²) in [5, 5.41) is 0.563. The van der Waals surface area contributed by atoms with Crippen molar-refractivity contribution in [3.8, 4) is 0 Å². The minimum atomic E-state index is -0.0967. The van der Waals surface area contributed by atoms with Gasteiger partial charge in [0.2, 0.25) is 0 Å². The van der Waals surface area contributed by atoms with E-state index in [1.807, 2.05) is 64.1 Å². The molecule has 0 saturated carbocycles. The fourth-order valence-electron chi connectivity index (χ4n) is 2.22. The molecule has 0 amide bonds. The van der Waals surface area contributed by atoms with Crippen LogP contribution >= 0.6 is 0 Å². The van der Waals surface area contributed by atoms with Crippen LogP contribution in [0, 0.1) is 0 Å². The Bertz CT molecular complexity index is 951. The zero-order valence-corrected chi connectivity index (χ0v) is 13.3. The molecule has 2 aromatic heterocycles. The number of aromatic nitrogens is 2. The van der Waals surface area contributed by atoms with Crippen molar-refractivity contribution in [2.45, 2.75) is 27.7 Å². The van der Waals surface area contributed by atoms with Crippen molar-refractivity contribution in [1.82, 2.24) is 9.38 Å². The number of rotatable bonds is 0. The molecule has 0 unspecified atom stereocenters. The highest BCUT2D eigenvalue weighted by Crippen LogP contribution is 2.18. The van der Waals surface area contributed by atoms with Crippen LogP contribution < -0.4 is 5.56 Å². The molecule has 4 heteroatoms. The summed E-state index contributed by atoms with van der Waals surface area (Å²) in [6, 6.07) is 14.7. The largest absolute Gasteiger partial charge is 0.424 e. The van der Waals surface area contributed by atoms with Crippen LogP contribution in [-0.2, 0) is 0 Å². The standard InChI is InChI=1S/C14H8N2O2.2C2H6/c17-13-9-5-1-4-8-12(9)18-14-15-10-6-2-3-7-11(10)16(13)14;2*1-2/h1-8H;2*1-2H3. The molecular formula is C18H20N2O2. The van der Waals surface area contributed by atoms with Crippen LogP contribution in [0.5, 0.6) is 0 Å². The number of benzene rings is 2. The fraction of sp³-hybridized carbons (Fsp3) is 0.222. The molecule has 2 aromatic carbocycles. The highest BCUT2D eigenvalue weighted by Gasteiger charge is 2.11. The minimum Gasteiger partial charge on any atom is -0.424 e. The molecule has 0 bridgehead atoms. The van der Waals surface area contributed by atoms with E-state index < -0.39 is 0 Å². The van der Waals surface area contributed by atoms with Crippen LogP contribution in [-0.4, -0.2) is 9.38 Å². The molecule has 0 spiro atoms. The predicted molar refractivity (Wildman–Crippen MR) is 91.4 cm³/mol. The van der Waals surface area contributed by atoms with Gasteiger partial charge in [0, 0.05) is 0 Å². The van der Waals surface area contributed by atoms with Gasteiger partial charge in [-0.3, -0.25) is 4.79 Å². The zero-order chi connectivity index (χ0) is 16.1. The summed E-state index contributed by atoms with van der Waals surface area (Å²) in [6.07, 6.45) is 0. The van der Waals surface area contributed by atoms with E-state index in [4.69, 9.17) is 4.42 Å². The Kier molecular flexibility index (Phi) is 4.94. The van der Waals surface area contributed by atoms with Crippen molar-refractivity contribution in [3.63, 3.8) is 0 Å². The smallest absolute Gasteiger partial charge is 0.310 e. The van der Waals surface area contributed by atoms with Gasteiger partial charge in [0.25, 0.3) is 5.56 Å². The van der Waals surface area contributed by atoms with Crippen molar-refractivity contribution in [2.24, 2.45) is 0 Å². The van der Waals surface area contributed by atoms with Crippen LogP contribution in [0.2, 0.25) is 0 Å². The Balaban J connectivity index is 0.000000410. The molecule has 0 saturated heterocycles. The van der Waals surface area contributed by atoms with Crippen molar-refractivity contribution >= 4 is 27.8 Å². The number of imidazole rings is 1. The summed E-state index contributed by atoms with van der Waals surface area (Å²) in [5.41, 5.74) is 1.99. The van der Waals surface area contributed by atoms with Crippen molar-refractivity contribution < 1.29 is 4.42 Å². The van der Waals surface area contributed by atoms with Gasteiger partial charge in [0.15, 0.2) is 0 Å². The van der Waals surface area contributed by atoms with Gasteiger partial charge in [-0.05, 0) is 24.3 Å². The molecule has 0 fully saturated rings. The molecule has 0 aliphatic carbocycles. The summed E-state index contributed by atoms with van der Waals surface area (Å²) in [5.74, 6) is 0.333. The van der Waals surface area contributed by atoms with Crippen molar-refractivity contribution in [2.75, 3.05) is 0 Å². The molecule has 0 radical (unpaired) electrons. The Morgan fingerprint density at radius 1 is 0.909 bits per heavy atom. The zero-order valence-electron chi connectivity index (χ0n) is 13.3. The molecule has 22 heavy (non-hydrogen) atoms. The first kappa shape index (κ1) is 15.8. The molecule has 4 aromatic rings. The Labute approximate surface area is 129 Å². The average Bonchev–Trinajstić information content (AvgIpc) is 2.97. The van der Waals surface area contributed by atoms with E-state index in [2.05, 4.69) is 4.98 Å². The molecule has 0 atom stereocenters. The van der Waals surface area contributed by atoms with Gasteiger partial charge < -0.3 is 4.42 Å². The second kappa shape index (κ2) is 6.89. The maximum atomic E-state index is 12.4. The molecule has 114 valence electrons. The third-order valence-corrected chi connectivity index (χ3v) is 3.05. The Hall–Kier alpha value is -2.62. The van der Waals surface area contributed by atoms with Gasteiger partial charge in [-0.25, -0.2) is 4.40 Å². The molecule has 0 N–H and O–H groups in total. The van der Waals surface area contributed by atoms with Crippen LogP contribution in [0.3, 0.4) is 0 Å². The summed E-state index contributed by atoms with van der Waals surface area (Å²) in [6.45, 7) is 8.00. The van der Waals surface area contributed by atoms with E-state index in [-0.39, 0.29) is 5.56 Å². The predicted octanol–water partition coefficient (Wildman–Crippen LogP) is 4.65. The molecule has 4 nitrogen and oxygen atoms in total. The lowest BCUT2D eigenvalue weighted by Gasteiger charge is -1.97. The first-order chi connectivity index (χ1) is 10.8. The highest BCUT2D eigenvalue weighted by molar-refractivity contribution is 5.83. The molecule has 4 rings (SSSR count). The number of hydrogen-bond acceptors (Lipinski definition) is 3. The van der Waals surface area contributed by atoms with Gasteiger partial charge in [-0.15, -0.1) is 0 Å². The molecule has 0 aliphatic heterocycles. The van der Waals surface area contributed by atoms with Gasteiger partial charge in [-0.1, -0.05) is 52.0 Å². The van der Waals surface area contributed by atoms with Crippen LogP contribution in [0.15, 0.2) is 57.7 Å². The normalized spacial score (nSPS) is 10.0. The first-order valence-corrected chi connectivity index (χ1v) is 7.64. The summed E-state index contributed by atoms with van der Waals surface area (Å²) < 4.78 is 7.18. The maximum Gasteiger partial charge on any atom is 0.310 e. The lowest BCUT2D eigenvalue weighted by atomic mass is 10.2. The van der Waals surface area contributed by atoms with Gasteiger partial charge in [0.05, 0.1) is 16.4 Å². The summed E-state index contributed by atoms with van der Waals surface area (Å²) in [4.78, 5) is 16.7. The van der Waals surface area contributed by atoms with E-state index in [0.717, 1.165) is 11.0 Å². The highest BCUT2D eigenvalue weighted by atomic mass is 16.3. The van der Waals surface area contributed by atoms with Crippen molar-refractivity contribution in [1.29, 1.82) is 0 Å². The van der Waals surface area contributed by atoms with Crippen LogP contribution in [0.1, 0.15) is 27.7 Å². The minimum absolute atomic E-state index is 0.0967. The molecule has 2 heterocycles. The van der Waals surface area contributed by atoms with Gasteiger partial charge in [0.1, 0.15) is 5.58 Å². The molecular weight excluding hydrogens is 276 g/mol. The Morgan fingerprint density at radius 3 is 2.32 bits per heavy atom. The topological polar surface area (TPSA) is 47.5 Å². The number of para-hydroxylation sites is 3. The second-order valence-electron chi connectivity index (χ2n) is 4.12. The SMILES string of the molecule is CC.CC.O=c1c2ccccc2oc2nc3ccccc3n12. The summed E-state index contributed by atoms with van der Waals surface area (Å²) >= 11 is 0. The second-order valence-corrected chi connectivity index (χ2v) is 4.12. The Morgan fingerprint density at radius 2 is 1.55 bits per heavy atom. The summed E-state index contributed by atoms with van der Waals surface area (Å²) in [7, 11) is 0. The van der Waals surface area contributed by atoms with E-state index in [1.165, 1.54) is 4.40 Å². The lowest BCUT2D eigenvalue weighted by Crippen LogP contribution is -2.12. The average molecular weight is 296 g/mol.